The molecule has 0 atom stereocenters. The minimum Gasteiger partial charge on any atom is -0.354 e. The van der Waals surface area contributed by atoms with E-state index in [4.69, 9.17) is 4.98 Å². The number of benzene rings is 1. The topological polar surface area (TPSA) is 50.5 Å². The third-order valence-corrected chi connectivity index (χ3v) is 4.73. The highest BCUT2D eigenvalue weighted by Crippen LogP contribution is 2.33. The van der Waals surface area contributed by atoms with E-state index in [2.05, 4.69) is 5.10 Å². The number of anilines is 1. The summed E-state index contributed by atoms with van der Waals surface area (Å²) in [5, 5.41) is 4.36. The zero-order valence-corrected chi connectivity index (χ0v) is 14.1. The molecule has 0 spiro atoms. The van der Waals surface area contributed by atoms with Crippen molar-refractivity contribution in [3.63, 3.8) is 0 Å². The molecule has 0 N–H and O–H groups in total. The van der Waals surface area contributed by atoms with Crippen LogP contribution in [-0.2, 0) is 0 Å². The third-order valence-electron chi connectivity index (χ3n) is 4.73. The summed E-state index contributed by atoms with van der Waals surface area (Å²) in [7, 11) is 0. The number of fused-ring (bicyclic) bond motifs is 3. The van der Waals surface area contributed by atoms with Crippen molar-refractivity contribution in [3.05, 3.63) is 35.5 Å². The van der Waals surface area contributed by atoms with Crippen molar-refractivity contribution < 1.29 is 13.6 Å². The second-order valence-electron chi connectivity index (χ2n) is 6.64. The van der Waals surface area contributed by atoms with Gasteiger partial charge in [0.25, 0.3) is 5.92 Å². The molecule has 130 valence electrons. The summed E-state index contributed by atoms with van der Waals surface area (Å²) in [5.41, 5.74) is 3.54. The second-order valence-corrected chi connectivity index (χ2v) is 6.64. The molecule has 3 aromatic rings. The number of hydrogen-bond acceptors (Lipinski definition) is 4. The first-order valence-corrected chi connectivity index (χ1v) is 8.27. The molecule has 3 heterocycles. The lowest BCUT2D eigenvalue weighted by Crippen LogP contribution is -2.40. The van der Waals surface area contributed by atoms with Gasteiger partial charge in [0.1, 0.15) is 11.0 Å². The predicted octanol–water partition coefficient (Wildman–Crippen LogP) is 3.63. The Labute approximate surface area is 143 Å². The van der Waals surface area contributed by atoms with Crippen molar-refractivity contribution in [2.75, 3.05) is 18.0 Å². The molecule has 25 heavy (non-hydrogen) atoms. The molecule has 0 aliphatic carbocycles. The number of aryl methyl sites for hydroxylation is 1. The summed E-state index contributed by atoms with van der Waals surface area (Å²) < 4.78 is 28.8. The average molecular weight is 344 g/mol. The molecule has 1 saturated heterocycles. The lowest BCUT2D eigenvalue weighted by atomic mass is 10.0. The number of piperidine rings is 1. The number of carbonyl (C=O) groups excluding carboxylic acids is 1. The number of ketones is 1. The molecule has 1 aliphatic rings. The molecule has 4 rings (SSSR count). The van der Waals surface area contributed by atoms with Crippen molar-refractivity contribution in [1.82, 2.24) is 14.6 Å². The van der Waals surface area contributed by atoms with Gasteiger partial charge in [0.05, 0.1) is 11.7 Å². The van der Waals surface area contributed by atoms with Crippen molar-refractivity contribution >= 4 is 28.2 Å². The fourth-order valence-electron chi connectivity index (χ4n) is 3.41. The fraction of sp³-hybridized carbons (Fsp3) is 0.389. The first-order valence-electron chi connectivity index (χ1n) is 8.27. The number of carbonyl (C=O) groups is 1. The van der Waals surface area contributed by atoms with Gasteiger partial charge in [-0.2, -0.15) is 5.10 Å². The SMILES string of the molecule is CC(=O)c1cc(C)cc2c1nc(N1CCC(F)(F)CC1)c1ccnn12. The predicted molar refractivity (Wildman–Crippen MR) is 91.6 cm³/mol. The molecule has 2 aromatic heterocycles. The third kappa shape index (κ3) is 2.63. The number of aromatic nitrogens is 3. The standard InChI is InChI=1S/C18H18F2N4O/c1-11-9-13(12(2)25)16-15(10-11)24-14(3-6-21-24)17(22-16)23-7-4-18(19,20)5-8-23/h3,6,9-10H,4-5,7-8H2,1-2H3. The van der Waals surface area contributed by atoms with Gasteiger partial charge in [-0.1, -0.05) is 0 Å². The van der Waals surface area contributed by atoms with E-state index in [9.17, 15) is 13.6 Å². The summed E-state index contributed by atoms with van der Waals surface area (Å²) in [6.45, 7) is 3.88. The van der Waals surface area contributed by atoms with Crippen LogP contribution in [0.25, 0.3) is 16.6 Å². The van der Waals surface area contributed by atoms with Gasteiger partial charge in [-0.15, -0.1) is 0 Å². The van der Waals surface area contributed by atoms with Gasteiger partial charge in [-0.25, -0.2) is 18.3 Å². The number of nitrogens with zero attached hydrogens (tertiary/aromatic N) is 4. The lowest BCUT2D eigenvalue weighted by Gasteiger charge is -2.33. The van der Waals surface area contributed by atoms with E-state index < -0.39 is 5.92 Å². The van der Waals surface area contributed by atoms with Crippen LogP contribution in [0.1, 0.15) is 35.7 Å². The quantitative estimate of drug-likeness (QED) is 0.666. The molecule has 0 amide bonds. The summed E-state index contributed by atoms with van der Waals surface area (Å²) >= 11 is 0. The Morgan fingerprint density at radius 2 is 1.92 bits per heavy atom. The number of rotatable bonds is 2. The van der Waals surface area contributed by atoms with Crippen molar-refractivity contribution in [1.29, 1.82) is 0 Å². The number of halogens is 2. The van der Waals surface area contributed by atoms with Crippen LogP contribution < -0.4 is 4.90 Å². The largest absolute Gasteiger partial charge is 0.354 e. The van der Waals surface area contributed by atoms with Gasteiger partial charge in [-0.05, 0) is 37.6 Å². The van der Waals surface area contributed by atoms with Crippen LogP contribution in [0.4, 0.5) is 14.6 Å². The zero-order valence-electron chi connectivity index (χ0n) is 14.1. The highest BCUT2D eigenvalue weighted by Gasteiger charge is 2.35. The van der Waals surface area contributed by atoms with Gasteiger partial charge >= 0.3 is 0 Å². The first-order chi connectivity index (χ1) is 11.9. The average Bonchev–Trinajstić information content (AvgIpc) is 3.03. The van der Waals surface area contributed by atoms with Crippen LogP contribution in [0.5, 0.6) is 0 Å². The molecule has 5 nitrogen and oxygen atoms in total. The van der Waals surface area contributed by atoms with Crippen molar-refractivity contribution in [3.8, 4) is 0 Å². The Bertz CT molecular complexity index is 986. The van der Waals surface area contributed by atoms with Gasteiger partial charge in [0.2, 0.25) is 0 Å². The molecular formula is C18H18F2N4O. The Balaban J connectivity index is 1.95. The Hall–Kier alpha value is -2.57. The first kappa shape index (κ1) is 15.9. The van der Waals surface area contributed by atoms with Crippen LogP contribution in [0.15, 0.2) is 24.4 Å². The second kappa shape index (κ2) is 5.47. The minimum atomic E-state index is -2.62. The van der Waals surface area contributed by atoms with E-state index in [0.29, 0.717) is 16.9 Å². The summed E-state index contributed by atoms with van der Waals surface area (Å²) in [6, 6.07) is 5.56. The number of Topliss-reactive ketones (excluding diaryl/α,β-unsaturated/α-hetero) is 1. The van der Waals surface area contributed by atoms with Gasteiger partial charge in [-0.3, -0.25) is 4.79 Å². The van der Waals surface area contributed by atoms with Crippen LogP contribution >= 0.6 is 0 Å². The monoisotopic (exact) mass is 344 g/mol. The number of hydrogen-bond donors (Lipinski definition) is 0. The maximum Gasteiger partial charge on any atom is 0.251 e. The lowest BCUT2D eigenvalue weighted by molar-refractivity contribution is -0.0221. The van der Waals surface area contributed by atoms with Crippen LogP contribution in [0, 0.1) is 6.92 Å². The molecule has 0 unspecified atom stereocenters. The van der Waals surface area contributed by atoms with Gasteiger partial charge in [0.15, 0.2) is 11.6 Å². The Morgan fingerprint density at radius 3 is 2.60 bits per heavy atom. The van der Waals surface area contributed by atoms with E-state index in [-0.39, 0.29) is 31.7 Å². The smallest absolute Gasteiger partial charge is 0.251 e. The molecule has 1 aromatic carbocycles. The van der Waals surface area contributed by atoms with E-state index >= 15 is 0 Å². The van der Waals surface area contributed by atoms with E-state index in [1.807, 2.05) is 24.0 Å². The minimum absolute atomic E-state index is 0.0798. The highest BCUT2D eigenvalue weighted by atomic mass is 19.3. The molecule has 0 radical (unpaired) electrons. The Morgan fingerprint density at radius 1 is 1.20 bits per heavy atom. The number of alkyl halides is 2. The summed E-state index contributed by atoms with van der Waals surface area (Å²) in [5.74, 6) is -2.10. The van der Waals surface area contributed by atoms with Crippen LogP contribution in [-0.4, -0.2) is 39.4 Å². The summed E-state index contributed by atoms with van der Waals surface area (Å²) in [6.07, 6.45) is 1.27. The van der Waals surface area contributed by atoms with Gasteiger partial charge < -0.3 is 4.90 Å². The van der Waals surface area contributed by atoms with E-state index in [0.717, 1.165) is 16.6 Å². The fourth-order valence-corrected chi connectivity index (χ4v) is 3.41. The zero-order chi connectivity index (χ0) is 17.8. The van der Waals surface area contributed by atoms with E-state index in [1.54, 1.807) is 16.8 Å². The molecule has 0 bridgehead atoms. The maximum absolute atomic E-state index is 13.5. The summed E-state index contributed by atoms with van der Waals surface area (Å²) in [4.78, 5) is 18.6. The van der Waals surface area contributed by atoms with Crippen LogP contribution in [0.2, 0.25) is 0 Å². The van der Waals surface area contributed by atoms with Crippen LogP contribution in [0.3, 0.4) is 0 Å². The Kier molecular flexibility index (Phi) is 3.49. The molecule has 1 fully saturated rings. The molecule has 0 saturated carbocycles. The van der Waals surface area contributed by atoms with Crippen molar-refractivity contribution in [2.45, 2.75) is 32.6 Å². The van der Waals surface area contributed by atoms with Crippen molar-refractivity contribution in [2.24, 2.45) is 0 Å². The van der Waals surface area contributed by atoms with E-state index in [1.165, 1.54) is 6.92 Å². The molecule has 7 heteroatoms. The maximum atomic E-state index is 13.5. The molecular weight excluding hydrogens is 326 g/mol. The molecule has 1 aliphatic heterocycles. The normalized spacial score (nSPS) is 17.4. The highest BCUT2D eigenvalue weighted by molar-refractivity contribution is 6.06. The van der Waals surface area contributed by atoms with Gasteiger partial charge in [0, 0.05) is 31.5 Å².